The van der Waals surface area contributed by atoms with Crippen LogP contribution in [0.2, 0.25) is 0 Å². The average molecular weight is 303 g/mol. The molecule has 0 aromatic heterocycles. The Kier molecular flexibility index (Phi) is 7.47. The summed E-state index contributed by atoms with van der Waals surface area (Å²) in [5.41, 5.74) is 0.860. The molecule has 22 heavy (non-hydrogen) atoms. The lowest BCUT2D eigenvalue weighted by Gasteiger charge is -2.18. The van der Waals surface area contributed by atoms with Crippen molar-refractivity contribution in [3.8, 4) is 5.75 Å². The van der Waals surface area contributed by atoms with E-state index in [0.717, 1.165) is 11.3 Å². The van der Waals surface area contributed by atoms with Gasteiger partial charge in [-0.25, -0.2) is 0 Å². The topological polar surface area (TPSA) is 55.8 Å². The molecule has 1 amide bonds. The summed E-state index contributed by atoms with van der Waals surface area (Å²) in [6, 6.07) is 7.38. The van der Waals surface area contributed by atoms with Gasteiger partial charge >= 0.3 is 5.97 Å². The van der Waals surface area contributed by atoms with Gasteiger partial charge in [0.2, 0.25) is 5.91 Å². The third-order valence-electron chi connectivity index (χ3n) is 2.99. The van der Waals surface area contributed by atoms with Gasteiger partial charge in [-0.15, -0.1) is 6.58 Å². The second-order valence-corrected chi connectivity index (χ2v) is 4.51. The highest BCUT2D eigenvalue weighted by molar-refractivity contribution is 5.92. The maximum atomic E-state index is 12.2. The van der Waals surface area contributed by atoms with E-state index in [-0.39, 0.29) is 18.3 Å². The molecular formula is C17H21NO4. The number of nitrogens with zero attached hydrogens (tertiary/aromatic N) is 1. The molecule has 0 aliphatic carbocycles. The molecule has 0 radical (unpaired) electrons. The lowest BCUT2D eigenvalue weighted by atomic mass is 10.2. The first-order valence-electron chi connectivity index (χ1n) is 6.89. The van der Waals surface area contributed by atoms with Crippen LogP contribution in [-0.2, 0) is 14.3 Å². The minimum absolute atomic E-state index is 0.156. The van der Waals surface area contributed by atoms with Gasteiger partial charge in [-0.3, -0.25) is 9.59 Å². The van der Waals surface area contributed by atoms with Crippen LogP contribution in [-0.4, -0.2) is 44.1 Å². The predicted molar refractivity (Wildman–Crippen MR) is 85.4 cm³/mol. The van der Waals surface area contributed by atoms with E-state index in [0.29, 0.717) is 13.1 Å². The lowest BCUT2D eigenvalue weighted by molar-refractivity contribution is -0.141. The van der Waals surface area contributed by atoms with Gasteiger partial charge in [-0.05, 0) is 23.8 Å². The van der Waals surface area contributed by atoms with Gasteiger partial charge in [-0.1, -0.05) is 18.2 Å². The quantitative estimate of drug-likeness (QED) is 0.420. The molecule has 0 saturated carbocycles. The highest BCUT2D eigenvalue weighted by Gasteiger charge is 2.11. The molecule has 5 nitrogen and oxygen atoms in total. The molecule has 118 valence electrons. The Labute approximate surface area is 130 Å². The van der Waals surface area contributed by atoms with Gasteiger partial charge in [-0.2, -0.15) is 0 Å². The number of methoxy groups -OCH3 is 2. The highest BCUT2D eigenvalue weighted by Crippen LogP contribution is 2.13. The number of amides is 1. The Hall–Kier alpha value is -2.56. The molecule has 0 unspecified atom stereocenters. The van der Waals surface area contributed by atoms with Crippen LogP contribution >= 0.6 is 0 Å². The van der Waals surface area contributed by atoms with E-state index >= 15 is 0 Å². The number of hydrogen-bond acceptors (Lipinski definition) is 4. The molecule has 5 heteroatoms. The van der Waals surface area contributed by atoms with Gasteiger partial charge in [0.05, 0.1) is 20.6 Å². The maximum absolute atomic E-state index is 12.2. The van der Waals surface area contributed by atoms with Gasteiger partial charge < -0.3 is 14.4 Å². The summed E-state index contributed by atoms with van der Waals surface area (Å²) in [6.07, 6.45) is 4.95. The van der Waals surface area contributed by atoms with Crippen LogP contribution in [0.4, 0.5) is 0 Å². The summed E-state index contributed by atoms with van der Waals surface area (Å²) in [5, 5.41) is 0. The van der Waals surface area contributed by atoms with Crippen LogP contribution < -0.4 is 4.74 Å². The molecule has 0 aliphatic heterocycles. The van der Waals surface area contributed by atoms with Crippen LogP contribution in [0.25, 0.3) is 6.08 Å². The molecule has 0 spiro atoms. The van der Waals surface area contributed by atoms with E-state index in [1.807, 2.05) is 24.3 Å². The fourth-order valence-electron chi connectivity index (χ4n) is 1.79. The zero-order valence-corrected chi connectivity index (χ0v) is 13.0. The van der Waals surface area contributed by atoms with Crippen LogP contribution in [0.5, 0.6) is 5.75 Å². The second-order valence-electron chi connectivity index (χ2n) is 4.51. The van der Waals surface area contributed by atoms with Crippen molar-refractivity contribution in [1.82, 2.24) is 4.90 Å². The van der Waals surface area contributed by atoms with Crippen molar-refractivity contribution >= 4 is 18.0 Å². The Morgan fingerprint density at radius 3 is 2.73 bits per heavy atom. The summed E-state index contributed by atoms with van der Waals surface area (Å²) in [7, 11) is 2.91. The van der Waals surface area contributed by atoms with E-state index < -0.39 is 0 Å². The second kappa shape index (κ2) is 9.39. The molecule has 0 bridgehead atoms. The van der Waals surface area contributed by atoms with Crippen LogP contribution in [0.3, 0.4) is 0 Å². The van der Waals surface area contributed by atoms with Crippen LogP contribution in [0.1, 0.15) is 12.0 Å². The minimum Gasteiger partial charge on any atom is -0.497 e. The molecule has 0 aliphatic rings. The summed E-state index contributed by atoms with van der Waals surface area (Å²) in [4.78, 5) is 24.9. The van der Waals surface area contributed by atoms with Crippen LogP contribution in [0, 0.1) is 0 Å². The Bertz CT molecular complexity index is 551. The molecule has 0 N–H and O–H groups in total. The van der Waals surface area contributed by atoms with Crippen molar-refractivity contribution in [3.05, 3.63) is 48.6 Å². The fraction of sp³-hybridized carbons (Fsp3) is 0.294. The van der Waals surface area contributed by atoms with Gasteiger partial charge in [0.15, 0.2) is 0 Å². The molecule has 0 fully saturated rings. The normalized spacial score (nSPS) is 10.3. The van der Waals surface area contributed by atoms with E-state index in [2.05, 4.69) is 11.3 Å². The molecule has 1 aromatic carbocycles. The smallest absolute Gasteiger partial charge is 0.307 e. The monoisotopic (exact) mass is 303 g/mol. The largest absolute Gasteiger partial charge is 0.497 e. The van der Waals surface area contributed by atoms with Gasteiger partial charge in [0.1, 0.15) is 5.75 Å². The predicted octanol–water partition coefficient (Wildman–Crippen LogP) is 2.29. The number of benzene rings is 1. The third kappa shape index (κ3) is 5.83. The first kappa shape index (κ1) is 17.5. The number of esters is 1. The molecule has 1 rings (SSSR count). The summed E-state index contributed by atoms with van der Waals surface area (Å²) in [5.74, 6) is 0.188. The van der Waals surface area contributed by atoms with Crippen LogP contribution in [0.15, 0.2) is 43.0 Å². The fourth-order valence-corrected chi connectivity index (χ4v) is 1.79. The Morgan fingerprint density at radius 1 is 1.32 bits per heavy atom. The summed E-state index contributed by atoms with van der Waals surface area (Å²) < 4.78 is 9.71. The van der Waals surface area contributed by atoms with Crippen molar-refractivity contribution in [3.63, 3.8) is 0 Å². The van der Waals surface area contributed by atoms with Crippen molar-refractivity contribution in [1.29, 1.82) is 0 Å². The number of carbonyl (C=O) groups is 2. The molecule has 0 saturated heterocycles. The van der Waals surface area contributed by atoms with Crippen molar-refractivity contribution < 1.29 is 19.1 Å². The first-order valence-corrected chi connectivity index (χ1v) is 6.89. The van der Waals surface area contributed by atoms with Crippen molar-refractivity contribution in [2.45, 2.75) is 6.42 Å². The standard InChI is InChI=1S/C17H21NO4/c1-4-11-18(12-10-17(20)22-3)16(19)9-8-14-6-5-7-15(13-14)21-2/h4-9,13H,1,10-12H2,2-3H3/b9-8+. The summed E-state index contributed by atoms with van der Waals surface area (Å²) >= 11 is 0. The van der Waals surface area contributed by atoms with Gasteiger partial charge in [0, 0.05) is 19.2 Å². The summed E-state index contributed by atoms with van der Waals surface area (Å²) in [6.45, 7) is 4.29. The van der Waals surface area contributed by atoms with Crippen molar-refractivity contribution in [2.75, 3.05) is 27.3 Å². The van der Waals surface area contributed by atoms with Gasteiger partial charge in [0.25, 0.3) is 0 Å². The van der Waals surface area contributed by atoms with E-state index in [1.54, 1.807) is 19.3 Å². The SMILES string of the molecule is C=CCN(CCC(=O)OC)C(=O)/C=C/c1cccc(OC)c1. The first-order chi connectivity index (χ1) is 10.6. The zero-order chi connectivity index (χ0) is 16.4. The molecule has 0 heterocycles. The Balaban J connectivity index is 2.70. The number of hydrogen-bond donors (Lipinski definition) is 0. The zero-order valence-electron chi connectivity index (χ0n) is 13.0. The van der Waals surface area contributed by atoms with E-state index in [1.165, 1.54) is 18.1 Å². The minimum atomic E-state index is -0.348. The third-order valence-corrected chi connectivity index (χ3v) is 2.99. The number of rotatable bonds is 8. The van der Waals surface area contributed by atoms with Crippen molar-refractivity contribution in [2.24, 2.45) is 0 Å². The molecule has 1 aromatic rings. The Morgan fingerprint density at radius 2 is 2.09 bits per heavy atom. The average Bonchev–Trinajstić information content (AvgIpc) is 2.56. The van der Waals surface area contributed by atoms with E-state index in [9.17, 15) is 9.59 Å². The number of carbonyl (C=O) groups excluding carboxylic acids is 2. The maximum Gasteiger partial charge on any atom is 0.307 e. The highest BCUT2D eigenvalue weighted by atomic mass is 16.5. The number of ether oxygens (including phenoxy) is 2. The molecular weight excluding hydrogens is 282 g/mol. The molecule has 0 atom stereocenters. The van der Waals surface area contributed by atoms with E-state index in [4.69, 9.17) is 4.74 Å². The lowest BCUT2D eigenvalue weighted by Crippen LogP contribution is -2.32.